The molecular formula is C16H16BrN5. The lowest BCUT2D eigenvalue weighted by Gasteiger charge is -2.12. The number of rotatable bonds is 3. The minimum Gasteiger partial charge on any atom is -0.340 e. The second-order valence-electron chi connectivity index (χ2n) is 5.46. The number of halogens is 1. The van der Waals surface area contributed by atoms with E-state index in [0.29, 0.717) is 5.78 Å². The number of aryl methyl sites for hydroxylation is 2. The normalized spacial score (nSPS) is 13.5. The van der Waals surface area contributed by atoms with E-state index in [0.717, 1.165) is 53.2 Å². The van der Waals surface area contributed by atoms with Crippen LogP contribution in [0.1, 0.15) is 30.4 Å². The molecule has 2 aromatic heterocycles. The molecule has 22 heavy (non-hydrogen) atoms. The number of nitrogens with one attached hydrogen (secondary N) is 1. The fourth-order valence-corrected chi connectivity index (χ4v) is 3.13. The Hall–Kier alpha value is -1.95. The Morgan fingerprint density at radius 1 is 1.18 bits per heavy atom. The molecule has 0 saturated heterocycles. The van der Waals surface area contributed by atoms with Gasteiger partial charge in [-0.15, -0.1) is 5.10 Å². The van der Waals surface area contributed by atoms with Crippen LogP contribution in [0.15, 0.2) is 28.7 Å². The molecule has 112 valence electrons. The van der Waals surface area contributed by atoms with Crippen LogP contribution >= 0.6 is 15.9 Å². The van der Waals surface area contributed by atoms with E-state index in [-0.39, 0.29) is 0 Å². The third-order valence-corrected chi connectivity index (χ3v) is 4.51. The van der Waals surface area contributed by atoms with Gasteiger partial charge in [0.05, 0.1) is 5.69 Å². The summed E-state index contributed by atoms with van der Waals surface area (Å²) in [5, 5.41) is 8.11. The summed E-state index contributed by atoms with van der Waals surface area (Å²) in [5.74, 6) is 2.53. The van der Waals surface area contributed by atoms with Crippen LogP contribution in [0.25, 0.3) is 5.78 Å². The maximum atomic E-state index is 4.68. The molecule has 0 atom stereocenters. The molecule has 1 N–H and O–H groups in total. The maximum Gasteiger partial charge on any atom is 0.254 e. The van der Waals surface area contributed by atoms with Gasteiger partial charge in [-0.05, 0) is 43.5 Å². The molecule has 1 aromatic carbocycles. The van der Waals surface area contributed by atoms with Gasteiger partial charge in [0.15, 0.2) is 5.82 Å². The number of nitrogens with zero attached hydrogens (tertiary/aromatic N) is 4. The summed E-state index contributed by atoms with van der Waals surface area (Å²) in [5.41, 5.74) is 3.46. The summed E-state index contributed by atoms with van der Waals surface area (Å²) in [6, 6.07) is 8.16. The fraction of sp³-hybridized carbons (Fsp3) is 0.312. The van der Waals surface area contributed by atoms with Crippen molar-refractivity contribution >= 4 is 33.2 Å². The molecule has 6 heteroatoms. The van der Waals surface area contributed by atoms with Gasteiger partial charge >= 0.3 is 0 Å². The summed E-state index contributed by atoms with van der Waals surface area (Å²) in [6.45, 7) is 2.06. The van der Waals surface area contributed by atoms with Crippen molar-refractivity contribution in [2.24, 2.45) is 0 Å². The van der Waals surface area contributed by atoms with E-state index < -0.39 is 0 Å². The fourth-order valence-electron chi connectivity index (χ4n) is 2.87. The van der Waals surface area contributed by atoms with Crippen molar-refractivity contribution in [2.75, 3.05) is 5.32 Å². The number of fused-ring (bicyclic) bond motifs is 2. The van der Waals surface area contributed by atoms with Crippen LogP contribution in [0, 0.1) is 0 Å². The number of hydrogen-bond donors (Lipinski definition) is 1. The first-order valence-corrected chi connectivity index (χ1v) is 8.34. The molecule has 0 unspecified atom stereocenters. The second-order valence-corrected chi connectivity index (χ2v) is 6.38. The average Bonchev–Trinajstić information content (AvgIpc) is 3.15. The Kier molecular flexibility index (Phi) is 3.33. The van der Waals surface area contributed by atoms with Crippen molar-refractivity contribution in [2.45, 2.75) is 32.6 Å². The molecule has 0 aliphatic heterocycles. The van der Waals surface area contributed by atoms with Crippen molar-refractivity contribution in [3.63, 3.8) is 0 Å². The number of anilines is 2. The van der Waals surface area contributed by atoms with Gasteiger partial charge in [0.1, 0.15) is 5.82 Å². The van der Waals surface area contributed by atoms with Crippen LogP contribution in [0.4, 0.5) is 11.5 Å². The maximum absolute atomic E-state index is 4.68. The lowest BCUT2D eigenvalue weighted by atomic mass is 10.2. The Bertz CT molecular complexity index is 838. The Labute approximate surface area is 136 Å². The van der Waals surface area contributed by atoms with Gasteiger partial charge in [-0.1, -0.05) is 22.9 Å². The standard InChI is InChI=1S/C16H16BrN5/c1-2-14-20-16-19-13-5-3-4-12(13)15(22(16)21-14)18-11-8-6-10(17)7-9-11/h6-9,18H,2-5H2,1H3. The summed E-state index contributed by atoms with van der Waals surface area (Å²) in [4.78, 5) is 9.20. The second kappa shape index (κ2) is 5.35. The minimum atomic E-state index is 0.692. The summed E-state index contributed by atoms with van der Waals surface area (Å²) < 4.78 is 2.92. The highest BCUT2D eigenvalue weighted by molar-refractivity contribution is 9.10. The molecule has 0 spiro atoms. The molecule has 2 heterocycles. The van der Waals surface area contributed by atoms with E-state index in [2.05, 4.69) is 55.4 Å². The Balaban J connectivity index is 1.86. The van der Waals surface area contributed by atoms with Crippen LogP contribution in [-0.4, -0.2) is 19.6 Å². The van der Waals surface area contributed by atoms with Crippen LogP contribution < -0.4 is 5.32 Å². The van der Waals surface area contributed by atoms with E-state index in [9.17, 15) is 0 Å². The predicted octanol–water partition coefficient (Wildman–Crippen LogP) is 3.68. The van der Waals surface area contributed by atoms with Crippen molar-refractivity contribution in [3.05, 3.63) is 45.8 Å². The monoisotopic (exact) mass is 357 g/mol. The average molecular weight is 358 g/mol. The van der Waals surface area contributed by atoms with E-state index in [1.807, 2.05) is 16.6 Å². The van der Waals surface area contributed by atoms with Gasteiger partial charge in [0, 0.05) is 22.1 Å². The third kappa shape index (κ3) is 2.27. The summed E-state index contributed by atoms with van der Waals surface area (Å²) in [7, 11) is 0. The number of hydrogen-bond acceptors (Lipinski definition) is 4. The van der Waals surface area contributed by atoms with E-state index in [1.54, 1.807) is 0 Å². The predicted molar refractivity (Wildman–Crippen MR) is 89.6 cm³/mol. The number of aromatic nitrogens is 4. The molecule has 3 aromatic rings. The molecule has 1 aliphatic carbocycles. The molecule has 0 saturated carbocycles. The molecule has 5 nitrogen and oxygen atoms in total. The van der Waals surface area contributed by atoms with Crippen molar-refractivity contribution < 1.29 is 0 Å². The molecule has 0 radical (unpaired) electrons. The van der Waals surface area contributed by atoms with Gasteiger partial charge < -0.3 is 5.32 Å². The molecule has 1 aliphatic rings. The highest BCUT2D eigenvalue weighted by atomic mass is 79.9. The third-order valence-electron chi connectivity index (χ3n) is 3.98. The molecule has 4 rings (SSSR count). The first-order valence-electron chi connectivity index (χ1n) is 7.54. The molecule has 0 fully saturated rings. The minimum absolute atomic E-state index is 0.692. The van der Waals surface area contributed by atoms with Crippen molar-refractivity contribution in [3.8, 4) is 0 Å². The zero-order valence-electron chi connectivity index (χ0n) is 12.3. The first kappa shape index (κ1) is 13.7. The van der Waals surface area contributed by atoms with Crippen LogP contribution in [-0.2, 0) is 19.3 Å². The van der Waals surface area contributed by atoms with E-state index in [1.165, 1.54) is 5.56 Å². The topological polar surface area (TPSA) is 55.1 Å². The van der Waals surface area contributed by atoms with Crippen LogP contribution in [0.3, 0.4) is 0 Å². The Morgan fingerprint density at radius 2 is 2.00 bits per heavy atom. The van der Waals surface area contributed by atoms with Crippen LogP contribution in [0.5, 0.6) is 0 Å². The molecular weight excluding hydrogens is 342 g/mol. The lowest BCUT2D eigenvalue weighted by molar-refractivity contribution is 0.875. The first-order chi connectivity index (χ1) is 10.7. The van der Waals surface area contributed by atoms with E-state index >= 15 is 0 Å². The van der Waals surface area contributed by atoms with Crippen molar-refractivity contribution in [1.82, 2.24) is 19.6 Å². The zero-order valence-corrected chi connectivity index (χ0v) is 13.9. The summed E-state index contributed by atoms with van der Waals surface area (Å²) in [6.07, 6.45) is 4.02. The van der Waals surface area contributed by atoms with Gasteiger partial charge in [0.25, 0.3) is 5.78 Å². The van der Waals surface area contributed by atoms with Crippen molar-refractivity contribution in [1.29, 1.82) is 0 Å². The summed E-state index contributed by atoms with van der Waals surface area (Å²) >= 11 is 3.47. The smallest absolute Gasteiger partial charge is 0.254 e. The highest BCUT2D eigenvalue weighted by Crippen LogP contribution is 2.30. The SMILES string of the molecule is CCc1nc2nc3c(c(Nc4ccc(Br)cc4)n2n1)CCC3. The molecule has 0 amide bonds. The largest absolute Gasteiger partial charge is 0.340 e. The quantitative estimate of drug-likeness (QED) is 0.776. The zero-order chi connectivity index (χ0) is 15.1. The van der Waals surface area contributed by atoms with E-state index in [4.69, 9.17) is 0 Å². The van der Waals surface area contributed by atoms with Gasteiger partial charge in [-0.2, -0.15) is 9.50 Å². The number of benzene rings is 1. The highest BCUT2D eigenvalue weighted by Gasteiger charge is 2.21. The van der Waals surface area contributed by atoms with Crippen LogP contribution in [0.2, 0.25) is 0 Å². The molecule has 0 bridgehead atoms. The Morgan fingerprint density at radius 3 is 2.77 bits per heavy atom. The lowest BCUT2D eigenvalue weighted by Crippen LogP contribution is -2.07. The van der Waals surface area contributed by atoms with Gasteiger partial charge in [-0.3, -0.25) is 0 Å². The van der Waals surface area contributed by atoms with Gasteiger partial charge in [-0.25, -0.2) is 4.98 Å². The van der Waals surface area contributed by atoms with Gasteiger partial charge in [0.2, 0.25) is 0 Å².